The van der Waals surface area contributed by atoms with Crippen molar-refractivity contribution in [2.45, 2.75) is 9.79 Å². The van der Waals surface area contributed by atoms with E-state index in [-0.39, 0.29) is 5.78 Å². The summed E-state index contributed by atoms with van der Waals surface area (Å²) in [4.78, 5) is 19.4. The molecule has 5 heteroatoms. The zero-order valence-corrected chi connectivity index (χ0v) is 17.7. The molecule has 2 rings (SSSR count). The average Bonchev–Trinajstić information content (AvgIpc) is 2.62. The van der Waals surface area contributed by atoms with Gasteiger partial charge in [-0.25, -0.2) is 0 Å². The number of carbonyl (C=O) groups is 1. The molecule has 0 saturated heterocycles. The first kappa shape index (κ1) is 21.0. The first-order chi connectivity index (χ1) is 12.5. The quantitative estimate of drug-likeness (QED) is 0.448. The van der Waals surface area contributed by atoms with Crippen molar-refractivity contribution in [1.29, 1.82) is 0 Å². The number of hydrogen-bond acceptors (Lipinski definition) is 5. The van der Waals surface area contributed by atoms with Gasteiger partial charge in [0, 0.05) is 45.5 Å². The third kappa shape index (κ3) is 7.16. The van der Waals surface area contributed by atoms with Crippen molar-refractivity contribution in [1.82, 2.24) is 9.80 Å². The van der Waals surface area contributed by atoms with Crippen LogP contribution in [0.3, 0.4) is 0 Å². The van der Waals surface area contributed by atoms with Crippen LogP contribution in [0.2, 0.25) is 0 Å². The molecule has 140 valence electrons. The molecule has 0 aromatic heterocycles. The molecule has 2 aromatic carbocycles. The largest absolute Gasteiger partial charge is 0.309 e. The number of rotatable bonds is 10. The number of benzene rings is 2. The summed E-state index contributed by atoms with van der Waals surface area (Å²) >= 11 is 3.63. The molecule has 0 saturated carbocycles. The van der Waals surface area contributed by atoms with E-state index < -0.39 is 0 Å². The molecule has 0 radical (unpaired) electrons. The molecular formula is C21H28N2OS2. The fourth-order valence-corrected chi connectivity index (χ4v) is 4.31. The smallest absolute Gasteiger partial charge is 0.193 e. The second kappa shape index (κ2) is 10.8. The van der Waals surface area contributed by atoms with Crippen molar-refractivity contribution in [3.63, 3.8) is 0 Å². The van der Waals surface area contributed by atoms with E-state index in [1.807, 2.05) is 72.1 Å². The van der Waals surface area contributed by atoms with Crippen molar-refractivity contribution >= 4 is 29.3 Å². The standard InChI is InChI=1S/C21H28N2OS2/c1-22(2)13-15-25-19-9-5-17(6-10-19)21(24)18-7-11-20(12-8-18)26-16-14-23(3)4/h5-12H,13-16H2,1-4H3. The Bertz CT molecular complexity index is 623. The van der Waals surface area contributed by atoms with Gasteiger partial charge in [-0.05, 0) is 76.7 Å². The Morgan fingerprint density at radius 2 is 1.04 bits per heavy atom. The number of nitrogens with zero attached hydrogens (tertiary/aromatic N) is 2. The second-order valence-corrected chi connectivity index (χ2v) is 9.02. The molecule has 3 nitrogen and oxygen atoms in total. The SMILES string of the molecule is CN(C)CCSc1ccc(C(=O)c2ccc(SCCN(C)C)cc2)cc1. The Morgan fingerprint density at radius 3 is 1.35 bits per heavy atom. The fraction of sp³-hybridized carbons (Fsp3) is 0.381. The Kier molecular flexibility index (Phi) is 8.72. The number of hydrogen-bond donors (Lipinski definition) is 0. The molecule has 2 aromatic rings. The summed E-state index contributed by atoms with van der Waals surface area (Å²) in [5, 5.41) is 0. The molecule has 0 atom stereocenters. The molecule has 0 amide bonds. The van der Waals surface area contributed by atoms with E-state index in [4.69, 9.17) is 0 Å². The van der Waals surface area contributed by atoms with Gasteiger partial charge in [0.05, 0.1) is 0 Å². The van der Waals surface area contributed by atoms with E-state index in [1.165, 1.54) is 9.79 Å². The molecule has 0 bridgehead atoms. The van der Waals surface area contributed by atoms with E-state index >= 15 is 0 Å². The maximum Gasteiger partial charge on any atom is 0.193 e. The van der Waals surface area contributed by atoms with Crippen LogP contribution in [0.4, 0.5) is 0 Å². The van der Waals surface area contributed by atoms with Gasteiger partial charge in [0.25, 0.3) is 0 Å². The molecular weight excluding hydrogens is 360 g/mol. The van der Waals surface area contributed by atoms with Gasteiger partial charge in [-0.15, -0.1) is 23.5 Å². The van der Waals surface area contributed by atoms with Crippen LogP contribution in [-0.4, -0.2) is 68.4 Å². The van der Waals surface area contributed by atoms with Crippen LogP contribution < -0.4 is 0 Å². The highest BCUT2D eigenvalue weighted by atomic mass is 32.2. The van der Waals surface area contributed by atoms with Crippen molar-refractivity contribution in [3.05, 3.63) is 59.7 Å². The van der Waals surface area contributed by atoms with E-state index in [9.17, 15) is 4.79 Å². The first-order valence-corrected chi connectivity index (χ1v) is 10.7. The highest BCUT2D eigenvalue weighted by Gasteiger charge is 2.09. The topological polar surface area (TPSA) is 23.6 Å². The lowest BCUT2D eigenvalue weighted by Gasteiger charge is -2.09. The monoisotopic (exact) mass is 388 g/mol. The number of ketones is 1. The van der Waals surface area contributed by atoms with Crippen LogP contribution in [0, 0.1) is 0 Å². The summed E-state index contributed by atoms with van der Waals surface area (Å²) in [5.74, 6) is 2.18. The molecule has 0 fully saturated rings. The third-order valence-corrected chi connectivity index (χ3v) is 5.83. The maximum atomic E-state index is 12.6. The Morgan fingerprint density at radius 1 is 0.692 bits per heavy atom. The van der Waals surface area contributed by atoms with Crippen molar-refractivity contribution in [2.75, 3.05) is 52.8 Å². The van der Waals surface area contributed by atoms with Crippen molar-refractivity contribution < 1.29 is 4.79 Å². The van der Waals surface area contributed by atoms with Gasteiger partial charge < -0.3 is 9.80 Å². The number of carbonyl (C=O) groups excluding carboxylic acids is 1. The van der Waals surface area contributed by atoms with Gasteiger partial charge in [0.1, 0.15) is 0 Å². The average molecular weight is 389 g/mol. The Hall–Kier alpha value is -1.27. The van der Waals surface area contributed by atoms with E-state index in [0.29, 0.717) is 0 Å². The van der Waals surface area contributed by atoms with Crippen molar-refractivity contribution in [3.8, 4) is 0 Å². The van der Waals surface area contributed by atoms with E-state index in [2.05, 4.69) is 38.0 Å². The summed E-state index contributed by atoms with van der Waals surface area (Å²) in [7, 11) is 8.31. The minimum absolute atomic E-state index is 0.0830. The normalized spacial score (nSPS) is 11.3. The van der Waals surface area contributed by atoms with Gasteiger partial charge in [0.2, 0.25) is 0 Å². The Balaban J connectivity index is 1.91. The van der Waals surface area contributed by atoms with Crippen LogP contribution >= 0.6 is 23.5 Å². The van der Waals surface area contributed by atoms with Crippen LogP contribution in [0.1, 0.15) is 15.9 Å². The summed E-state index contributed by atoms with van der Waals surface area (Å²) < 4.78 is 0. The minimum Gasteiger partial charge on any atom is -0.309 e. The van der Waals surface area contributed by atoms with E-state index in [1.54, 1.807) is 0 Å². The summed E-state index contributed by atoms with van der Waals surface area (Å²) in [6, 6.07) is 15.9. The predicted molar refractivity (Wildman–Crippen MR) is 115 cm³/mol. The van der Waals surface area contributed by atoms with Gasteiger partial charge >= 0.3 is 0 Å². The molecule has 26 heavy (non-hydrogen) atoms. The highest BCUT2D eigenvalue weighted by Crippen LogP contribution is 2.22. The van der Waals surface area contributed by atoms with Crippen LogP contribution in [0.25, 0.3) is 0 Å². The third-order valence-electron chi connectivity index (χ3n) is 3.85. The van der Waals surface area contributed by atoms with Gasteiger partial charge in [-0.2, -0.15) is 0 Å². The fourth-order valence-electron chi connectivity index (χ4n) is 2.26. The molecule has 0 heterocycles. The maximum absolute atomic E-state index is 12.6. The molecule has 0 aliphatic heterocycles. The van der Waals surface area contributed by atoms with Crippen LogP contribution in [0.5, 0.6) is 0 Å². The van der Waals surface area contributed by atoms with E-state index in [0.717, 1.165) is 35.7 Å². The molecule has 0 spiro atoms. The molecule has 0 aliphatic carbocycles. The predicted octanol–water partition coefficient (Wildman–Crippen LogP) is 4.23. The minimum atomic E-state index is 0.0830. The zero-order valence-electron chi connectivity index (χ0n) is 16.1. The lowest BCUT2D eigenvalue weighted by atomic mass is 10.0. The van der Waals surface area contributed by atoms with Crippen LogP contribution in [0.15, 0.2) is 58.3 Å². The lowest BCUT2D eigenvalue weighted by Crippen LogP contribution is -2.14. The molecule has 0 N–H and O–H groups in total. The first-order valence-electron chi connectivity index (χ1n) is 8.75. The van der Waals surface area contributed by atoms with Gasteiger partial charge in [-0.3, -0.25) is 4.79 Å². The molecule has 0 aliphatic rings. The highest BCUT2D eigenvalue weighted by molar-refractivity contribution is 7.99. The van der Waals surface area contributed by atoms with Gasteiger partial charge in [-0.1, -0.05) is 0 Å². The van der Waals surface area contributed by atoms with Crippen LogP contribution in [-0.2, 0) is 0 Å². The lowest BCUT2D eigenvalue weighted by molar-refractivity contribution is 0.103. The summed E-state index contributed by atoms with van der Waals surface area (Å²) in [6.07, 6.45) is 0. The zero-order chi connectivity index (χ0) is 18.9. The summed E-state index contributed by atoms with van der Waals surface area (Å²) in [5.41, 5.74) is 1.49. The molecule has 0 unspecified atom stereocenters. The number of thioether (sulfide) groups is 2. The Labute approximate surface area is 166 Å². The van der Waals surface area contributed by atoms with Gasteiger partial charge in [0.15, 0.2) is 5.78 Å². The second-order valence-electron chi connectivity index (χ2n) is 6.68. The summed E-state index contributed by atoms with van der Waals surface area (Å²) in [6.45, 7) is 2.09. The van der Waals surface area contributed by atoms with Crippen molar-refractivity contribution in [2.24, 2.45) is 0 Å².